The largest absolute Gasteiger partial charge is 0.496 e. The fourth-order valence-electron chi connectivity index (χ4n) is 5.75. The summed E-state index contributed by atoms with van der Waals surface area (Å²) in [5, 5.41) is 15.6. The quantitative estimate of drug-likeness (QED) is 0.553. The number of likely N-dealkylation sites (tertiary alicyclic amines) is 1. The van der Waals surface area contributed by atoms with E-state index in [1.807, 2.05) is 17.7 Å². The van der Waals surface area contributed by atoms with Gasteiger partial charge in [0, 0.05) is 40.7 Å². The Kier molecular flexibility index (Phi) is 5.65. The first-order valence-corrected chi connectivity index (χ1v) is 12.1. The number of fused-ring (bicyclic) bond motifs is 1. The average molecular weight is 480 g/mol. The lowest BCUT2D eigenvalue weighted by atomic mass is 9.70. The molecule has 2 N–H and O–H groups in total. The molecule has 1 saturated heterocycles. The number of hydrogen-bond acceptors (Lipinski definition) is 7. The minimum absolute atomic E-state index is 0.0617. The van der Waals surface area contributed by atoms with Crippen molar-refractivity contribution in [2.24, 2.45) is 0 Å². The normalized spacial score (nSPS) is 18.8. The number of methoxy groups -OCH3 is 1. The minimum atomic E-state index is -0.176. The second kappa shape index (κ2) is 8.40. The molecule has 1 aliphatic heterocycles. The van der Waals surface area contributed by atoms with Crippen LogP contribution >= 0.6 is 11.6 Å². The van der Waals surface area contributed by atoms with Gasteiger partial charge in [-0.2, -0.15) is 10.4 Å². The summed E-state index contributed by atoms with van der Waals surface area (Å²) in [5.41, 5.74) is 10.8. The van der Waals surface area contributed by atoms with Crippen molar-refractivity contribution < 1.29 is 4.74 Å². The van der Waals surface area contributed by atoms with Crippen LogP contribution in [0.1, 0.15) is 67.0 Å². The SMILES string of the molecule is COc1c([C@@H](C)n2nc(C)c3c(N)ncnc32)cc(Cl)c(C)c1C1CN(C2(CC#N)CCC2)C1. The van der Waals surface area contributed by atoms with Gasteiger partial charge in [0.15, 0.2) is 5.65 Å². The standard InChI is InChI=1S/C25H30ClN7O/c1-14-19(26)10-18(16(3)33-24-21(15(2)31-33)23(28)29-13-30-24)22(34-4)20(14)17-11-32(12-17)25(8-9-27)6-5-7-25/h10,13,16-17H,5-8,11-12H2,1-4H3,(H2,28,29,30)/t16-/m1/s1. The highest BCUT2D eigenvalue weighted by Gasteiger charge is 2.48. The third kappa shape index (κ3) is 3.33. The van der Waals surface area contributed by atoms with Crippen LogP contribution in [0, 0.1) is 25.2 Å². The predicted octanol–water partition coefficient (Wildman–Crippen LogP) is 4.53. The van der Waals surface area contributed by atoms with Crippen LogP contribution in [0.5, 0.6) is 5.75 Å². The van der Waals surface area contributed by atoms with Crippen molar-refractivity contribution in [3.8, 4) is 11.8 Å². The van der Waals surface area contributed by atoms with E-state index in [1.54, 1.807) is 7.11 Å². The van der Waals surface area contributed by atoms with E-state index in [4.69, 9.17) is 27.2 Å². The Morgan fingerprint density at radius 3 is 2.68 bits per heavy atom. The lowest BCUT2D eigenvalue weighted by Gasteiger charge is -2.56. The molecule has 178 valence electrons. The summed E-state index contributed by atoms with van der Waals surface area (Å²) >= 11 is 6.78. The number of rotatable bonds is 6. The maximum atomic E-state index is 9.34. The van der Waals surface area contributed by atoms with E-state index in [2.05, 4.69) is 34.8 Å². The molecule has 0 radical (unpaired) electrons. The zero-order chi connectivity index (χ0) is 24.2. The van der Waals surface area contributed by atoms with E-state index in [0.29, 0.717) is 28.8 Å². The zero-order valence-electron chi connectivity index (χ0n) is 20.1. The number of nitrogens with zero attached hydrogens (tertiary/aromatic N) is 6. The van der Waals surface area contributed by atoms with Gasteiger partial charge in [-0.3, -0.25) is 4.90 Å². The van der Waals surface area contributed by atoms with Crippen LogP contribution in [-0.2, 0) is 0 Å². The van der Waals surface area contributed by atoms with Crippen LogP contribution in [0.2, 0.25) is 5.02 Å². The Balaban J connectivity index is 1.53. The maximum Gasteiger partial charge on any atom is 0.164 e. The predicted molar refractivity (Wildman–Crippen MR) is 132 cm³/mol. The highest BCUT2D eigenvalue weighted by Crippen LogP contribution is 2.49. The van der Waals surface area contributed by atoms with Crippen LogP contribution in [-0.4, -0.2) is 50.4 Å². The van der Waals surface area contributed by atoms with Crippen LogP contribution in [0.3, 0.4) is 0 Å². The molecule has 2 fully saturated rings. The number of nitriles is 1. The van der Waals surface area contributed by atoms with Gasteiger partial charge in [0.2, 0.25) is 0 Å². The van der Waals surface area contributed by atoms with Gasteiger partial charge in [-0.25, -0.2) is 14.6 Å². The topological polar surface area (TPSA) is 106 Å². The molecule has 3 heterocycles. The summed E-state index contributed by atoms with van der Waals surface area (Å²) in [6.07, 6.45) is 5.49. The molecule has 9 heteroatoms. The number of anilines is 1. The molecule has 3 aromatic rings. The molecule has 2 aliphatic rings. The van der Waals surface area contributed by atoms with Crippen LogP contribution in [0.15, 0.2) is 12.4 Å². The van der Waals surface area contributed by atoms with Crippen molar-refractivity contribution in [1.82, 2.24) is 24.6 Å². The summed E-state index contributed by atoms with van der Waals surface area (Å²) < 4.78 is 7.91. The monoisotopic (exact) mass is 479 g/mol. The second-order valence-electron chi connectivity index (χ2n) is 9.70. The summed E-state index contributed by atoms with van der Waals surface area (Å²) in [6.45, 7) is 7.88. The Morgan fingerprint density at radius 2 is 2.06 bits per heavy atom. The molecule has 0 spiro atoms. The third-order valence-corrected chi connectivity index (χ3v) is 8.31. The first kappa shape index (κ1) is 22.9. The number of halogens is 1. The number of benzene rings is 1. The highest BCUT2D eigenvalue weighted by molar-refractivity contribution is 6.31. The molecule has 5 rings (SSSR count). The summed E-state index contributed by atoms with van der Waals surface area (Å²) in [7, 11) is 1.72. The maximum absolute atomic E-state index is 9.34. The number of ether oxygens (including phenoxy) is 1. The molecule has 2 aromatic heterocycles. The van der Waals surface area contributed by atoms with Gasteiger partial charge in [0.1, 0.15) is 17.9 Å². The van der Waals surface area contributed by atoms with Gasteiger partial charge >= 0.3 is 0 Å². The Hall–Kier alpha value is -2.89. The first-order chi connectivity index (χ1) is 16.3. The Labute approximate surface area is 204 Å². The molecule has 34 heavy (non-hydrogen) atoms. The molecule has 0 bridgehead atoms. The molecule has 1 atom stereocenters. The minimum Gasteiger partial charge on any atom is -0.496 e. The lowest BCUT2D eigenvalue weighted by Crippen LogP contribution is -2.62. The molecule has 0 unspecified atom stereocenters. The van der Waals surface area contributed by atoms with Gasteiger partial charge in [-0.1, -0.05) is 11.6 Å². The summed E-state index contributed by atoms with van der Waals surface area (Å²) in [5.74, 6) is 1.59. The highest BCUT2D eigenvalue weighted by atomic mass is 35.5. The van der Waals surface area contributed by atoms with E-state index >= 15 is 0 Å². The average Bonchev–Trinajstić information content (AvgIpc) is 3.10. The van der Waals surface area contributed by atoms with E-state index in [1.165, 1.54) is 12.7 Å². The number of aryl methyl sites for hydroxylation is 1. The van der Waals surface area contributed by atoms with E-state index < -0.39 is 0 Å². The van der Waals surface area contributed by atoms with E-state index in [0.717, 1.165) is 59.5 Å². The molecule has 0 amide bonds. The van der Waals surface area contributed by atoms with Crippen molar-refractivity contribution in [1.29, 1.82) is 5.26 Å². The Bertz CT molecular complexity index is 1300. The molecular weight excluding hydrogens is 450 g/mol. The van der Waals surface area contributed by atoms with Gasteiger partial charge in [0.25, 0.3) is 0 Å². The second-order valence-corrected chi connectivity index (χ2v) is 10.1. The van der Waals surface area contributed by atoms with Gasteiger partial charge < -0.3 is 10.5 Å². The lowest BCUT2D eigenvalue weighted by molar-refractivity contribution is -0.0386. The number of hydrogen-bond donors (Lipinski definition) is 1. The number of nitrogens with two attached hydrogens (primary N) is 1. The van der Waals surface area contributed by atoms with Crippen LogP contribution in [0.25, 0.3) is 11.0 Å². The fourth-order valence-corrected chi connectivity index (χ4v) is 5.97. The zero-order valence-corrected chi connectivity index (χ0v) is 20.9. The van der Waals surface area contributed by atoms with Crippen molar-refractivity contribution in [2.75, 3.05) is 25.9 Å². The number of nitrogen functional groups attached to an aromatic ring is 1. The molecule has 8 nitrogen and oxygen atoms in total. The van der Waals surface area contributed by atoms with Gasteiger partial charge in [0.05, 0.1) is 36.7 Å². The van der Waals surface area contributed by atoms with Crippen molar-refractivity contribution >= 4 is 28.5 Å². The van der Waals surface area contributed by atoms with Crippen molar-refractivity contribution in [2.45, 2.75) is 64.0 Å². The summed E-state index contributed by atoms with van der Waals surface area (Å²) in [4.78, 5) is 11.1. The fraction of sp³-hybridized carbons (Fsp3) is 0.520. The molecular formula is C25H30ClN7O. The van der Waals surface area contributed by atoms with E-state index in [9.17, 15) is 5.26 Å². The number of aromatic nitrogens is 4. The Morgan fingerprint density at radius 1 is 1.32 bits per heavy atom. The smallest absolute Gasteiger partial charge is 0.164 e. The van der Waals surface area contributed by atoms with Crippen LogP contribution < -0.4 is 10.5 Å². The van der Waals surface area contributed by atoms with Gasteiger partial charge in [-0.15, -0.1) is 0 Å². The molecule has 1 saturated carbocycles. The first-order valence-electron chi connectivity index (χ1n) is 11.8. The van der Waals surface area contributed by atoms with Crippen molar-refractivity contribution in [3.63, 3.8) is 0 Å². The van der Waals surface area contributed by atoms with E-state index in [-0.39, 0.29) is 11.6 Å². The molecule has 1 aliphatic carbocycles. The molecule has 1 aromatic carbocycles. The van der Waals surface area contributed by atoms with Crippen molar-refractivity contribution in [3.05, 3.63) is 39.8 Å². The van der Waals surface area contributed by atoms with Gasteiger partial charge in [-0.05, 0) is 51.7 Å². The van der Waals surface area contributed by atoms with Crippen LogP contribution in [0.4, 0.5) is 5.82 Å². The third-order valence-electron chi connectivity index (χ3n) is 7.92. The summed E-state index contributed by atoms with van der Waals surface area (Å²) in [6, 6.07) is 4.21.